The van der Waals surface area contributed by atoms with Gasteiger partial charge in [0.15, 0.2) is 0 Å². The number of nitrogens with one attached hydrogen (secondary N) is 1. The Morgan fingerprint density at radius 1 is 1.44 bits per heavy atom. The lowest BCUT2D eigenvalue weighted by Gasteiger charge is -2.19. The van der Waals surface area contributed by atoms with E-state index in [4.69, 9.17) is 0 Å². The predicted octanol–water partition coefficient (Wildman–Crippen LogP) is 2.70. The quantitative estimate of drug-likeness (QED) is 0.851. The van der Waals surface area contributed by atoms with Crippen LogP contribution in [0.4, 0.5) is 0 Å². The van der Waals surface area contributed by atoms with Crippen LogP contribution in [0, 0.1) is 5.41 Å². The van der Waals surface area contributed by atoms with Gasteiger partial charge in [0.25, 0.3) is 0 Å². The number of rotatable bonds is 3. The van der Waals surface area contributed by atoms with Crippen molar-refractivity contribution in [2.75, 3.05) is 0 Å². The number of nitrogens with zero attached hydrogens (tertiary/aromatic N) is 1. The van der Waals surface area contributed by atoms with Gasteiger partial charge in [-0.3, -0.25) is 9.78 Å². The standard InChI is InChI=1S/C13H20N2O/c1-10(11-7-5-6-8-14-11)15-12(16)9-13(2,3)4/h5-8,10H,9H2,1-4H3,(H,15,16). The maximum Gasteiger partial charge on any atom is 0.221 e. The van der Waals surface area contributed by atoms with Crippen molar-refractivity contribution in [3.05, 3.63) is 30.1 Å². The summed E-state index contributed by atoms with van der Waals surface area (Å²) >= 11 is 0. The van der Waals surface area contributed by atoms with E-state index in [0.717, 1.165) is 5.69 Å². The first-order chi connectivity index (χ1) is 7.38. The van der Waals surface area contributed by atoms with E-state index in [1.807, 2.05) is 25.1 Å². The van der Waals surface area contributed by atoms with E-state index in [9.17, 15) is 4.79 Å². The molecule has 0 spiro atoms. The van der Waals surface area contributed by atoms with E-state index in [2.05, 4.69) is 31.1 Å². The third-order valence-corrected chi connectivity index (χ3v) is 2.20. The fourth-order valence-electron chi connectivity index (χ4n) is 1.48. The highest BCUT2D eigenvalue weighted by Gasteiger charge is 2.17. The van der Waals surface area contributed by atoms with E-state index in [0.29, 0.717) is 6.42 Å². The Kier molecular flexibility index (Phi) is 4.05. The molecule has 3 nitrogen and oxygen atoms in total. The highest BCUT2D eigenvalue weighted by molar-refractivity contribution is 5.76. The number of aromatic nitrogens is 1. The molecule has 0 aliphatic rings. The molecule has 0 bridgehead atoms. The van der Waals surface area contributed by atoms with Gasteiger partial charge >= 0.3 is 0 Å². The topological polar surface area (TPSA) is 42.0 Å². The van der Waals surface area contributed by atoms with Crippen LogP contribution in [0.2, 0.25) is 0 Å². The van der Waals surface area contributed by atoms with Crippen LogP contribution in [-0.2, 0) is 4.79 Å². The SMILES string of the molecule is CC(NC(=O)CC(C)(C)C)c1ccccn1. The van der Waals surface area contributed by atoms with Gasteiger partial charge in [-0.2, -0.15) is 0 Å². The Balaban J connectivity index is 2.52. The summed E-state index contributed by atoms with van der Waals surface area (Å²) in [5.41, 5.74) is 0.915. The Labute approximate surface area is 97.3 Å². The number of hydrogen-bond acceptors (Lipinski definition) is 2. The van der Waals surface area contributed by atoms with Crippen molar-refractivity contribution in [2.24, 2.45) is 5.41 Å². The Morgan fingerprint density at radius 3 is 2.62 bits per heavy atom. The first kappa shape index (κ1) is 12.7. The third kappa shape index (κ3) is 4.43. The molecule has 1 atom stereocenters. The molecule has 1 unspecified atom stereocenters. The summed E-state index contributed by atoms with van der Waals surface area (Å²) < 4.78 is 0. The molecule has 1 N–H and O–H groups in total. The first-order valence-corrected chi connectivity index (χ1v) is 5.59. The highest BCUT2D eigenvalue weighted by atomic mass is 16.1. The minimum absolute atomic E-state index is 0.0217. The van der Waals surface area contributed by atoms with Crippen molar-refractivity contribution in [1.82, 2.24) is 10.3 Å². The van der Waals surface area contributed by atoms with Crippen LogP contribution in [-0.4, -0.2) is 10.9 Å². The lowest BCUT2D eigenvalue weighted by atomic mass is 9.92. The number of hydrogen-bond donors (Lipinski definition) is 1. The molecule has 0 aromatic carbocycles. The van der Waals surface area contributed by atoms with Crippen LogP contribution in [0.1, 0.15) is 45.9 Å². The minimum atomic E-state index is -0.0314. The summed E-state index contributed by atoms with van der Waals surface area (Å²) in [6.07, 6.45) is 2.27. The first-order valence-electron chi connectivity index (χ1n) is 5.59. The van der Waals surface area contributed by atoms with Crippen molar-refractivity contribution in [2.45, 2.75) is 40.2 Å². The van der Waals surface area contributed by atoms with Gasteiger partial charge in [0.05, 0.1) is 11.7 Å². The lowest BCUT2D eigenvalue weighted by Crippen LogP contribution is -2.30. The molecule has 1 aromatic rings. The summed E-state index contributed by atoms with van der Waals surface area (Å²) in [7, 11) is 0. The van der Waals surface area contributed by atoms with E-state index in [1.54, 1.807) is 6.20 Å². The van der Waals surface area contributed by atoms with Gasteiger partial charge in [0.1, 0.15) is 0 Å². The molecule has 1 aromatic heterocycles. The molecule has 0 aliphatic heterocycles. The molecule has 88 valence electrons. The summed E-state index contributed by atoms with van der Waals surface area (Å²) in [6.45, 7) is 8.11. The Hall–Kier alpha value is -1.38. The van der Waals surface area contributed by atoms with Crippen LogP contribution in [0.15, 0.2) is 24.4 Å². The zero-order valence-corrected chi connectivity index (χ0v) is 10.4. The van der Waals surface area contributed by atoms with Gasteiger partial charge < -0.3 is 5.32 Å². The number of carbonyl (C=O) groups is 1. The maximum atomic E-state index is 11.7. The monoisotopic (exact) mass is 220 g/mol. The lowest BCUT2D eigenvalue weighted by molar-refractivity contribution is -0.123. The predicted molar refractivity (Wildman–Crippen MR) is 64.9 cm³/mol. The van der Waals surface area contributed by atoms with Gasteiger partial charge in [0.2, 0.25) is 5.91 Å². The minimum Gasteiger partial charge on any atom is -0.348 e. The van der Waals surface area contributed by atoms with Crippen LogP contribution < -0.4 is 5.32 Å². The molecule has 3 heteroatoms. The Bertz CT molecular complexity index is 341. The summed E-state index contributed by atoms with van der Waals surface area (Å²) in [4.78, 5) is 15.9. The van der Waals surface area contributed by atoms with Crippen LogP contribution in [0.25, 0.3) is 0 Å². The average Bonchev–Trinajstić information content (AvgIpc) is 2.16. The largest absolute Gasteiger partial charge is 0.348 e. The highest BCUT2D eigenvalue weighted by Crippen LogP contribution is 2.19. The summed E-state index contributed by atoms with van der Waals surface area (Å²) in [5.74, 6) is 0.0747. The second-order valence-electron chi connectivity index (χ2n) is 5.28. The number of carbonyl (C=O) groups excluding carboxylic acids is 1. The van der Waals surface area contributed by atoms with Crippen molar-refractivity contribution in [3.8, 4) is 0 Å². The molecular weight excluding hydrogens is 200 g/mol. The van der Waals surface area contributed by atoms with Crippen LogP contribution >= 0.6 is 0 Å². The van der Waals surface area contributed by atoms with Gasteiger partial charge in [-0.25, -0.2) is 0 Å². The van der Waals surface area contributed by atoms with Crippen molar-refractivity contribution < 1.29 is 4.79 Å². The zero-order valence-electron chi connectivity index (χ0n) is 10.4. The second kappa shape index (κ2) is 5.10. The molecular formula is C13H20N2O. The zero-order chi connectivity index (χ0) is 12.2. The van der Waals surface area contributed by atoms with E-state index in [1.165, 1.54) is 0 Å². The van der Waals surface area contributed by atoms with Gasteiger partial charge in [-0.05, 0) is 24.5 Å². The molecule has 0 saturated carbocycles. The van der Waals surface area contributed by atoms with Gasteiger partial charge in [-0.1, -0.05) is 26.8 Å². The normalized spacial score (nSPS) is 13.2. The molecule has 1 amide bonds. The molecule has 1 heterocycles. The fourth-order valence-corrected chi connectivity index (χ4v) is 1.48. The van der Waals surface area contributed by atoms with Gasteiger partial charge in [0, 0.05) is 12.6 Å². The smallest absolute Gasteiger partial charge is 0.221 e. The molecule has 0 radical (unpaired) electrons. The fraction of sp³-hybridized carbons (Fsp3) is 0.538. The van der Waals surface area contributed by atoms with Crippen LogP contribution in [0.5, 0.6) is 0 Å². The van der Waals surface area contributed by atoms with Crippen LogP contribution in [0.3, 0.4) is 0 Å². The van der Waals surface area contributed by atoms with Crippen molar-refractivity contribution in [1.29, 1.82) is 0 Å². The van der Waals surface area contributed by atoms with Crippen molar-refractivity contribution >= 4 is 5.91 Å². The van der Waals surface area contributed by atoms with Crippen molar-refractivity contribution in [3.63, 3.8) is 0 Å². The number of pyridine rings is 1. The van der Waals surface area contributed by atoms with E-state index < -0.39 is 0 Å². The molecule has 0 fully saturated rings. The van der Waals surface area contributed by atoms with E-state index >= 15 is 0 Å². The summed E-state index contributed by atoms with van der Waals surface area (Å²) in [5, 5.41) is 2.95. The summed E-state index contributed by atoms with van der Waals surface area (Å²) in [6, 6.07) is 5.68. The Morgan fingerprint density at radius 2 is 2.12 bits per heavy atom. The number of amides is 1. The maximum absolute atomic E-state index is 11.7. The third-order valence-electron chi connectivity index (χ3n) is 2.20. The van der Waals surface area contributed by atoms with E-state index in [-0.39, 0.29) is 17.4 Å². The molecule has 0 aliphatic carbocycles. The molecule has 0 saturated heterocycles. The molecule has 1 rings (SSSR count). The average molecular weight is 220 g/mol. The second-order valence-corrected chi connectivity index (χ2v) is 5.28. The van der Waals surface area contributed by atoms with Gasteiger partial charge in [-0.15, -0.1) is 0 Å². The molecule has 16 heavy (non-hydrogen) atoms.